The summed E-state index contributed by atoms with van der Waals surface area (Å²) in [6.07, 6.45) is 2.25. The number of rotatable bonds is 4. The van der Waals surface area contributed by atoms with Gasteiger partial charge < -0.3 is 15.5 Å². The molecule has 112 valence electrons. The largest absolute Gasteiger partial charge is 0.362 e. The zero-order valence-electron chi connectivity index (χ0n) is 11.9. The molecule has 1 fully saturated rings. The highest BCUT2D eigenvalue weighted by molar-refractivity contribution is 6.00. The van der Waals surface area contributed by atoms with Crippen molar-refractivity contribution in [3.8, 4) is 0 Å². The van der Waals surface area contributed by atoms with Crippen molar-refractivity contribution in [2.75, 3.05) is 30.4 Å². The monoisotopic (exact) mass is 290 g/mol. The van der Waals surface area contributed by atoms with Crippen LogP contribution >= 0.6 is 0 Å². The number of fused-ring (bicyclic) bond motifs is 1. The molecular formula is C14H18N4O3. The number of carbonyl (C=O) groups is 1. The minimum absolute atomic E-state index is 0.0910. The number of hydrogen-bond acceptors (Lipinski definition) is 5. The van der Waals surface area contributed by atoms with Crippen molar-refractivity contribution in [2.45, 2.75) is 25.3 Å². The van der Waals surface area contributed by atoms with Gasteiger partial charge in [-0.15, -0.1) is 0 Å². The maximum Gasteiger partial charge on any atom is 0.292 e. The molecule has 3 rings (SSSR count). The van der Waals surface area contributed by atoms with Crippen molar-refractivity contribution in [2.24, 2.45) is 0 Å². The van der Waals surface area contributed by atoms with Crippen molar-refractivity contribution >= 4 is 23.0 Å². The summed E-state index contributed by atoms with van der Waals surface area (Å²) in [5, 5.41) is 17.3. The second kappa shape index (κ2) is 5.33. The Morgan fingerprint density at radius 2 is 2.33 bits per heavy atom. The number of hydrogen-bond donors (Lipinski definition) is 2. The number of nitrogens with zero attached hydrogens (tertiary/aromatic N) is 2. The van der Waals surface area contributed by atoms with E-state index in [1.54, 1.807) is 6.07 Å². The van der Waals surface area contributed by atoms with E-state index in [0.717, 1.165) is 25.9 Å². The molecule has 1 saturated heterocycles. The van der Waals surface area contributed by atoms with Gasteiger partial charge in [-0.05, 0) is 31.5 Å². The lowest BCUT2D eigenvalue weighted by Crippen LogP contribution is -2.37. The zero-order chi connectivity index (χ0) is 15.0. The molecule has 1 amide bonds. The van der Waals surface area contributed by atoms with E-state index in [9.17, 15) is 14.9 Å². The number of nitro groups is 1. The lowest BCUT2D eigenvalue weighted by Gasteiger charge is -2.26. The van der Waals surface area contributed by atoms with Gasteiger partial charge in [0.2, 0.25) is 5.91 Å². The van der Waals surface area contributed by atoms with Crippen LogP contribution in [0.1, 0.15) is 18.4 Å². The molecule has 21 heavy (non-hydrogen) atoms. The van der Waals surface area contributed by atoms with Crippen LogP contribution in [0.5, 0.6) is 0 Å². The second-order valence-corrected chi connectivity index (χ2v) is 5.53. The summed E-state index contributed by atoms with van der Waals surface area (Å²) in [6.45, 7) is 1.60. The molecule has 0 radical (unpaired) electrons. The molecule has 2 heterocycles. The number of amides is 1. The smallest absolute Gasteiger partial charge is 0.292 e. The van der Waals surface area contributed by atoms with E-state index in [0.29, 0.717) is 16.9 Å². The van der Waals surface area contributed by atoms with Crippen LogP contribution in [0.4, 0.5) is 17.1 Å². The normalized spacial score (nSPS) is 20.5. The number of benzene rings is 1. The van der Waals surface area contributed by atoms with Crippen LogP contribution in [0.25, 0.3) is 0 Å². The Labute approximate surface area is 122 Å². The predicted molar refractivity (Wildman–Crippen MR) is 79.7 cm³/mol. The van der Waals surface area contributed by atoms with Crippen LogP contribution in [-0.2, 0) is 11.2 Å². The molecule has 1 unspecified atom stereocenters. The van der Waals surface area contributed by atoms with Gasteiger partial charge in [-0.2, -0.15) is 0 Å². The van der Waals surface area contributed by atoms with Crippen LogP contribution in [0.15, 0.2) is 12.1 Å². The summed E-state index contributed by atoms with van der Waals surface area (Å²) < 4.78 is 0. The molecule has 7 heteroatoms. The third kappa shape index (κ3) is 2.44. The maximum absolute atomic E-state index is 11.5. The fourth-order valence-corrected chi connectivity index (χ4v) is 3.23. The Balaban J connectivity index is 2.02. The van der Waals surface area contributed by atoms with E-state index >= 15 is 0 Å². The van der Waals surface area contributed by atoms with E-state index in [4.69, 9.17) is 0 Å². The van der Waals surface area contributed by atoms with Gasteiger partial charge in [0, 0.05) is 30.9 Å². The quantitative estimate of drug-likeness (QED) is 0.644. The topological polar surface area (TPSA) is 87.5 Å². The van der Waals surface area contributed by atoms with Gasteiger partial charge in [0.1, 0.15) is 5.69 Å². The summed E-state index contributed by atoms with van der Waals surface area (Å²) in [4.78, 5) is 24.6. The molecule has 7 nitrogen and oxygen atoms in total. The predicted octanol–water partition coefficient (Wildman–Crippen LogP) is 1.28. The molecule has 0 aromatic heterocycles. The van der Waals surface area contributed by atoms with E-state index in [1.807, 2.05) is 7.05 Å². The summed E-state index contributed by atoms with van der Waals surface area (Å²) in [5.41, 5.74) is 2.11. The fraction of sp³-hybridized carbons (Fsp3) is 0.500. The second-order valence-electron chi connectivity index (χ2n) is 5.53. The average Bonchev–Trinajstić information content (AvgIpc) is 3.02. The number of anilines is 2. The molecule has 0 bridgehead atoms. The first-order chi connectivity index (χ1) is 10.1. The Morgan fingerprint density at radius 1 is 1.52 bits per heavy atom. The lowest BCUT2D eigenvalue weighted by atomic mass is 10.1. The fourth-order valence-electron chi connectivity index (χ4n) is 3.23. The molecule has 1 atom stereocenters. The first kappa shape index (κ1) is 13.8. The van der Waals surface area contributed by atoms with Gasteiger partial charge >= 0.3 is 0 Å². The first-order valence-electron chi connectivity index (χ1n) is 7.12. The van der Waals surface area contributed by atoms with Crippen molar-refractivity contribution in [3.05, 3.63) is 27.8 Å². The van der Waals surface area contributed by atoms with Gasteiger partial charge in [0.15, 0.2) is 0 Å². The third-order valence-electron chi connectivity index (χ3n) is 4.15. The third-order valence-corrected chi connectivity index (χ3v) is 4.15. The Morgan fingerprint density at radius 3 is 3.05 bits per heavy atom. The number of nitro benzene ring substituents is 1. The SMILES string of the molecule is CNCC1CCCN1c1cc2c(cc1[N+](=O)[O-])CC(=O)N2. The molecule has 2 N–H and O–H groups in total. The standard InChI is InChI=1S/C14H18N4O3/c1-15-8-10-3-2-4-17(10)12-7-11-9(6-14(19)16-11)5-13(12)18(20)21/h5,7,10,15H,2-4,6,8H2,1H3,(H,16,19). The first-order valence-corrected chi connectivity index (χ1v) is 7.12. The average molecular weight is 290 g/mol. The highest BCUT2D eigenvalue weighted by Crippen LogP contribution is 2.39. The van der Waals surface area contributed by atoms with E-state index < -0.39 is 0 Å². The number of nitrogens with one attached hydrogen (secondary N) is 2. The molecule has 1 aromatic carbocycles. The van der Waals surface area contributed by atoms with E-state index in [2.05, 4.69) is 15.5 Å². The molecule has 2 aliphatic heterocycles. The zero-order valence-corrected chi connectivity index (χ0v) is 11.9. The van der Waals surface area contributed by atoms with Crippen molar-refractivity contribution in [3.63, 3.8) is 0 Å². The van der Waals surface area contributed by atoms with Gasteiger partial charge in [-0.1, -0.05) is 0 Å². The lowest BCUT2D eigenvalue weighted by molar-refractivity contribution is -0.384. The van der Waals surface area contributed by atoms with Crippen LogP contribution < -0.4 is 15.5 Å². The van der Waals surface area contributed by atoms with Crippen LogP contribution in [-0.4, -0.2) is 37.0 Å². The molecule has 0 saturated carbocycles. The number of carbonyl (C=O) groups excluding carboxylic acids is 1. The van der Waals surface area contributed by atoms with Crippen molar-refractivity contribution in [1.82, 2.24) is 5.32 Å². The van der Waals surface area contributed by atoms with Gasteiger partial charge in [-0.3, -0.25) is 14.9 Å². The Bertz CT molecular complexity index is 602. The Hall–Kier alpha value is -2.15. The molecule has 0 spiro atoms. The van der Waals surface area contributed by atoms with Gasteiger partial charge in [0.25, 0.3) is 5.69 Å². The van der Waals surface area contributed by atoms with Crippen LogP contribution in [0, 0.1) is 10.1 Å². The summed E-state index contributed by atoms with van der Waals surface area (Å²) >= 11 is 0. The summed E-state index contributed by atoms with van der Waals surface area (Å²) in [6, 6.07) is 3.55. The molecular weight excluding hydrogens is 272 g/mol. The Kier molecular flexibility index (Phi) is 3.50. The van der Waals surface area contributed by atoms with Crippen LogP contribution in [0.3, 0.4) is 0 Å². The molecule has 1 aromatic rings. The van der Waals surface area contributed by atoms with Crippen molar-refractivity contribution < 1.29 is 9.72 Å². The summed E-state index contributed by atoms with van der Waals surface area (Å²) in [7, 11) is 1.88. The van der Waals surface area contributed by atoms with E-state index in [-0.39, 0.29) is 29.0 Å². The molecule has 0 aliphatic carbocycles. The van der Waals surface area contributed by atoms with Crippen LogP contribution in [0.2, 0.25) is 0 Å². The minimum atomic E-state index is -0.354. The minimum Gasteiger partial charge on any atom is -0.362 e. The van der Waals surface area contributed by atoms with Gasteiger partial charge in [0.05, 0.1) is 11.3 Å². The number of likely N-dealkylation sites (N-methyl/N-ethyl adjacent to an activating group) is 1. The molecule has 2 aliphatic rings. The highest BCUT2D eigenvalue weighted by Gasteiger charge is 2.32. The summed E-state index contributed by atoms with van der Waals surface area (Å²) in [5.74, 6) is -0.107. The van der Waals surface area contributed by atoms with Crippen molar-refractivity contribution in [1.29, 1.82) is 0 Å². The maximum atomic E-state index is 11.5. The van der Waals surface area contributed by atoms with Gasteiger partial charge in [-0.25, -0.2) is 0 Å². The van der Waals surface area contributed by atoms with E-state index in [1.165, 1.54) is 6.07 Å². The highest BCUT2D eigenvalue weighted by atomic mass is 16.6.